The average Bonchev–Trinajstić information content (AvgIpc) is 2.15. The van der Waals surface area contributed by atoms with Gasteiger partial charge in [0.25, 0.3) is 0 Å². The predicted molar refractivity (Wildman–Crippen MR) is 67.8 cm³/mol. The second-order valence-corrected chi connectivity index (χ2v) is 4.52. The molecule has 1 aromatic rings. The van der Waals surface area contributed by atoms with Crippen LogP contribution in [0.4, 0.5) is 5.69 Å². The van der Waals surface area contributed by atoms with Crippen molar-refractivity contribution in [2.45, 2.75) is 27.2 Å². The highest BCUT2D eigenvalue weighted by molar-refractivity contribution is 5.96. The Hall–Kier alpha value is -1.84. The van der Waals surface area contributed by atoms with E-state index in [-0.39, 0.29) is 5.91 Å². The van der Waals surface area contributed by atoms with Crippen LogP contribution in [-0.2, 0) is 11.2 Å². The minimum atomic E-state index is -0.435. The van der Waals surface area contributed by atoms with E-state index < -0.39 is 5.91 Å². The number of nitrogens with two attached hydrogens (primary N) is 1. The number of benzene rings is 1. The van der Waals surface area contributed by atoms with Crippen LogP contribution >= 0.6 is 0 Å². The molecule has 3 N–H and O–H groups in total. The third kappa shape index (κ3) is 3.90. The van der Waals surface area contributed by atoms with Crippen molar-refractivity contribution >= 4 is 17.5 Å². The van der Waals surface area contributed by atoms with Gasteiger partial charge in [-0.15, -0.1) is 0 Å². The highest BCUT2D eigenvalue weighted by Gasteiger charge is 2.10. The number of hydrogen-bond acceptors (Lipinski definition) is 2. The highest BCUT2D eigenvalue weighted by atomic mass is 16.1. The van der Waals surface area contributed by atoms with Crippen LogP contribution in [0.2, 0.25) is 0 Å². The lowest BCUT2D eigenvalue weighted by atomic mass is 9.97. The van der Waals surface area contributed by atoms with Gasteiger partial charge in [0.15, 0.2) is 0 Å². The lowest BCUT2D eigenvalue weighted by Crippen LogP contribution is -2.15. The van der Waals surface area contributed by atoms with Crippen molar-refractivity contribution in [1.29, 1.82) is 0 Å². The fraction of sp³-hybridized carbons (Fsp3) is 0.385. The average molecular weight is 234 g/mol. The van der Waals surface area contributed by atoms with Crippen LogP contribution in [-0.4, -0.2) is 11.8 Å². The summed E-state index contributed by atoms with van der Waals surface area (Å²) >= 11 is 0. The molecular weight excluding hydrogens is 216 g/mol. The summed E-state index contributed by atoms with van der Waals surface area (Å²) in [6.07, 6.45) is 0.756. The van der Waals surface area contributed by atoms with Gasteiger partial charge in [-0.3, -0.25) is 9.59 Å². The van der Waals surface area contributed by atoms with E-state index in [1.165, 1.54) is 6.92 Å². The molecule has 0 aliphatic rings. The molecule has 1 aromatic carbocycles. The van der Waals surface area contributed by atoms with E-state index >= 15 is 0 Å². The van der Waals surface area contributed by atoms with Crippen molar-refractivity contribution in [1.82, 2.24) is 0 Å². The number of amides is 2. The van der Waals surface area contributed by atoms with E-state index in [9.17, 15) is 9.59 Å². The monoisotopic (exact) mass is 234 g/mol. The third-order valence-electron chi connectivity index (χ3n) is 2.32. The Bertz CT molecular complexity index is 439. The maximum absolute atomic E-state index is 11.3. The van der Waals surface area contributed by atoms with E-state index in [0.29, 0.717) is 17.2 Å². The molecule has 2 amide bonds. The molecule has 0 radical (unpaired) electrons. The number of carbonyl (C=O) groups excluding carboxylic acids is 2. The summed E-state index contributed by atoms with van der Waals surface area (Å²) in [6.45, 7) is 5.58. The molecule has 4 nitrogen and oxygen atoms in total. The van der Waals surface area contributed by atoms with Crippen molar-refractivity contribution < 1.29 is 9.59 Å². The normalized spacial score (nSPS) is 10.4. The first kappa shape index (κ1) is 13.2. The Morgan fingerprint density at radius 2 is 2.00 bits per heavy atom. The zero-order valence-corrected chi connectivity index (χ0v) is 10.4. The summed E-state index contributed by atoms with van der Waals surface area (Å²) in [4.78, 5) is 22.2. The molecule has 4 heteroatoms. The van der Waals surface area contributed by atoms with Gasteiger partial charge in [0.1, 0.15) is 0 Å². The Morgan fingerprint density at radius 1 is 1.35 bits per heavy atom. The summed E-state index contributed by atoms with van der Waals surface area (Å²) in [5, 5.41) is 2.69. The van der Waals surface area contributed by atoms with Crippen molar-refractivity contribution in [2.24, 2.45) is 11.7 Å². The Balaban J connectivity index is 3.09. The van der Waals surface area contributed by atoms with Gasteiger partial charge in [-0.1, -0.05) is 13.8 Å². The van der Waals surface area contributed by atoms with E-state index in [4.69, 9.17) is 5.73 Å². The van der Waals surface area contributed by atoms with Crippen LogP contribution in [0.5, 0.6) is 0 Å². The minimum absolute atomic E-state index is 0.132. The molecule has 0 unspecified atom stereocenters. The van der Waals surface area contributed by atoms with Crippen molar-refractivity contribution in [2.75, 3.05) is 5.32 Å². The van der Waals surface area contributed by atoms with Gasteiger partial charge in [-0.25, -0.2) is 0 Å². The molecule has 0 spiro atoms. The molecule has 0 saturated carbocycles. The molecule has 1 rings (SSSR count). The summed E-state index contributed by atoms with van der Waals surface area (Å²) < 4.78 is 0. The molecular formula is C13H18N2O2. The fourth-order valence-corrected chi connectivity index (χ4v) is 1.72. The summed E-state index contributed by atoms with van der Waals surface area (Å²) in [5.74, 6) is -0.150. The summed E-state index contributed by atoms with van der Waals surface area (Å²) in [5.41, 5.74) is 7.40. The van der Waals surface area contributed by atoms with Gasteiger partial charge in [-0.2, -0.15) is 0 Å². The molecule has 0 aliphatic carbocycles. The number of carbonyl (C=O) groups is 2. The molecule has 0 aliphatic heterocycles. The van der Waals surface area contributed by atoms with Crippen molar-refractivity contribution in [3.05, 3.63) is 29.3 Å². The van der Waals surface area contributed by atoms with Crippen LogP contribution < -0.4 is 11.1 Å². The summed E-state index contributed by atoms with van der Waals surface area (Å²) in [6, 6.07) is 5.15. The molecule has 92 valence electrons. The van der Waals surface area contributed by atoms with E-state index in [0.717, 1.165) is 12.0 Å². The number of nitrogens with one attached hydrogen (secondary N) is 1. The number of anilines is 1. The van der Waals surface area contributed by atoms with Gasteiger partial charge in [0.2, 0.25) is 11.8 Å². The predicted octanol–water partition coefficient (Wildman–Crippen LogP) is 1.94. The van der Waals surface area contributed by atoms with E-state index in [1.54, 1.807) is 12.1 Å². The SMILES string of the molecule is CC(=O)Nc1ccc(C(N)=O)c(CC(C)C)c1. The first-order valence-electron chi connectivity index (χ1n) is 5.60. The molecule has 0 saturated heterocycles. The quantitative estimate of drug-likeness (QED) is 0.835. The number of rotatable bonds is 4. The van der Waals surface area contributed by atoms with Gasteiger partial charge in [0, 0.05) is 18.2 Å². The van der Waals surface area contributed by atoms with Crippen LogP contribution in [0.15, 0.2) is 18.2 Å². The highest BCUT2D eigenvalue weighted by Crippen LogP contribution is 2.19. The second kappa shape index (κ2) is 5.48. The first-order valence-corrected chi connectivity index (χ1v) is 5.60. The van der Waals surface area contributed by atoms with Crippen LogP contribution in [0.1, 0.15) is 36.7 Å². The van der Waals surface area contributed by atoms with Crippen LogP contribution in [0, 0.1) is 5.92 Å². The first-order chi connectivity index (χ1) is 7.90. The van der Waals surface area contributed by atoms with Crippen LogP contribution in [0.25, 0.3) is 0 Å². The molecule has 0 bridgehead atoms. The van der Waals surface area contributed by atoms with Crippen molar-refractivity contribution in [3.63, 3.8) is 0 Å². The molecule has 0 aromatic heterocycles. The Labute approximate surface area is 101 Å². The molecule has 0 atom stereocenters. The van der Waals surface area contributed by atoms with E-state index in [2.05, 4.69) is 19.2 Å². The zero-order chi connectivity index (χ0) is 13.0. The largest absolute Gasteiger partial charge is 0.366 e. The van der Waals surface area contributed by atoms with Gasteiger partial charge in [0.05, 0.1) is 0 Å². The second-order valence-electron chi connectivity index (χ2n) is 4.52. The maximum Gasteiger partial charge on any atom is 0.248 e. The fourth-order valence-electron chi connectivity index (χ4n) is 1.72. The van der Waals surface area contributed by atoms with E-state index in [1.807, 2.05) is 6.07 Å². The van der Waals surface area contributed by atoms with Gasteiger partial charge >= 0.3 is 0 Å². The molecule has 0 fully saturated rings. The topological polar surface area (TPSA) is 72.2 Å². The smallest absolute Gasteiger partial charge is 0.248 e. The molecule has 17 heavy (non-hydrogen) atoms. The maximum atomic E-state index is 11.3. The Kier molecular flexibility index (Phi) is 4.26. The lowest BCUT2D eigenvalue weighted by molar-refractivity contribution is -0.114. The van der Waals surface area contributed by atoms with Gasteiger partial charge < -0.3 is 11.1 Å². The lowest BCUT2D eigenvalue weighted by Gasteiger charge is -2.11. The third-order valence-corrected chi connectivity index (χ3v) is 2.32. The minimum Gasteiger partial charge on any atom is -0.366 e. The van der Waals surface area contributed by atoms with Crippen molar-refractivity contribution in [3.8, 4) is 0 Å². The standard InChI is InChI=1S/C13H18N2O2/c1-8(2)6-10-7-11(15-9(3)16)4-5-12(10)13(14)17/h4-5,7-8H,6H2,1-3H3,(H2,14,17)(H,15,16). The van der Waals surface area contributed by atoms with Crippen LogP contribution in [0.3, 0.4) is 0 Å². The van der Waals surface area contributed by atoms with Gasteiger partial charge in [-0.05, 0) is 36.1 Å². The number of hydrogen-bond donors (Lipinski definition) is 2. The summed E-state index contributed by atoms with van der Waals surface area (Å²) in [7, 11) is 0. The Morgan fingerprint density at radius 3 is 2.47 bits per heavy atom. The number of primary amides is 1. The zero-order valence-electron chi connectivity index (χ0n) is 10.4. The molecule has 0 heterocycles.